The lowest BCUT2D eigenvalue weighted by molar-refractivity contribution is 0.0979. The molecule has 0 fully saturated rings. The molecule has 100 valence electrons. The van der Waals surface area contributed by atoms with Crippen molar-refractivity contribution in [1.29, 1.82) is 0 Å². The molecule has 6 heteroatoms. The molecule has 1 heterocycles. The number of Topliss-reactive ketones (excluding diaryl/α,β-unsaturated/α-hetero) is 1. The maximum absolute atomic E-state index is 13.6. The lowest BCUT2D eigenvalue weighted by Crippen LogP contribution is -2.12. The highest BCUT2D eigenvalue weighted by molar-refractivity contribution is 6.31. The van der Waals surface area contributed by atoms with Crippen LogP contribution in [0.3, 0.4) is 0 Å². The number of hydrogen-bond donors (Lipinski definition) is 0. The number of ketones is 1. The van der Waals surface area contributed by atoms with Crippen LogP contribution in [0.15, 0.2) is 24.4 Å². The molecule has 0 aliphatic heterocycles. The molecule has 0 spiro atoms. The zero-order chi connectivity index (χ0) is 14.0. The summed E-state index contributed by atoms with van der Waals surface area (Å²) < 4.78 is 20.1. The molecule has 2 rings (SSSR count). The van der Waals surface area contributed by atoms with E-state index in [-0.39, 0.29) is 22.8 Å². The van der Waals surface area contributed by atoms with Crippen LogP contribution in [0.1, 0.15) is 16.1 Å². The van der Waals surface area contributed by atoms with Gasteiger partial charge in [0.25, 0.3) is 0 Å². The fraction of sp³-hybridized carbons (Fsp3) is 0.231. The number of halogens is 2. The highest BCUT2D eigenvalue weighted by atomic mass is 35.5. The summed E-state index contributed by atoms with van der Waals surface area (Å²) in [6.45, 7) is 0. The first-order valence-corrected chi connectivity index (χ1v) is 5.94. The van der Waals surface area contributed by atoms with Crippen LogP contribution in [-0.2, 0) is 13.5 Å². The normalized spacial score (nSPS) is 10.5. The molecule has 0 bridgehead atoms. The van der Waals surface area contributed by atoms with E-state index in [1.165, 1.54) is 30.1 Å². The largest absolute Gasteiger partial charge is 0.493 e. The molecule has 0 amide bonds. The van der Waals surface area contributed by atoms with Crippen molar-refractivity contribution in [2.45, 2.75) is 6.42 Å². The minimum Gasteiger partial charge on any atom is -0.493 e. The van der Waals surface area contributed by atoms with Crippen molar-refractivity contribution in [3.05, 3.63) is 46.5 Å². The summed E-state index contributed by atoms with van der Waals surface area (Å²) in [4.78, 5) is 12.2. The van der Waals surface area contributed by atoms with E-state index < -0.39 is 5.82 Å². The first-order valence-electron chi connectivity index (χ1n) is 5.56. The van der Waals surface area contributed by atoms with Gasteiger partial charge in [-0.3, -0.25) is 9.48 Å². The van der Waals surface area contributed by atoms with E-state index in [1.54, 1.807) is 13.1 Å². The fourth-order valence-electron chi connectivity index (χ4n) is 1.83. The Kier molecular flexibility index (Phi) is 3.85. The van der Waals surface area contributed by atoms with Crippen molar-refractivity contribution < 1.29 is 13.9 Å². The number of aromatic nitrogens is 2. The van der Waals surface area contributed by atoms with Crippen LogP contribution < -0.4 is 4.74 Å². The van der Waals surface area contributed by atoms with E-state index in [0.29, 0.717) is 11.4 Å². The smallest absolute Gasteiger partial charge is 0.189 e. The van der Waals surface area contributed by atoms with Crippen LogP contribution in [0.2, 0.25) is 5.02 Å². The summed E-state index contributed by atoms with van der Waals surface area (Å²) in [7, 11) is 3.07. The molecule has 1 aromatic carbocycles. The Bertz CT molecular complexity index is 605. The molecular weight excluding hydrogens is 271 g/mol. The Balaban J connectivity index is 2.34. The number of aryl methyl sites for hydroxylation is 1. The Morgan fingerprint density at radius 3 is 2.89 bits per heavy atom. The van der Waals surface area contributed by atoms with Crippen molar-refractivity contribution in [3.63, 3.8) is 0 Å². The van der Waals surface area contributed by atoms with Gasteiger partial charge in [-0.25, -0.2) is 4.39 Å². The van der Waals surface area contributed by atoms with Crippen molar-refractivity contribution in [2.24, 2.45) is 7.05 Å². The predicted molar refractivity (Wildman–Crippen MR) is 69.2 cm³/mol. The molecule has 0 unspecified atom stereocenters. The van der Waals surface area contributed by atoms with Gasteiger partial charge in [-0.1, -0.05) is 17.7 Å². The van der Waals surface area contributed by atoms with Gasteiger partial charge in [-0.15, -0.1) is 0 Å². The van der Waals surface area contributed by atoms with E-state index in [1.807, 2.05) is 0 Å². The Morgan fingerprint density at radius 2 is 2.26 bits per heavy atom. The number of hydrogen-bond acceptors (Lipinski definition) is 3. The van der Waals surface area contributed by atoms with Crippen LogP contribution in [0.5, 0.6) is 5.75 Å². The minimum absolute atomic E-state index is 0.137. The molecule has 0 radical (unpaired) electrons. The van der Waals surface area contributed by atoms with Crippen LogP contribution >= 0.6 is 11.6 Å². The van der Waals surface area contributed by atoms with E-state index in [0.717, 1.165) is 0 Å². The monoisotopic (exact) mass is 282 g/mol. The summed E-state index contributed by atoms with van der Waals surface area (Å²) in [6, 6.07) is 4.32. The van der Waals surface area contributed by atoms with Crippen molar-refractivity contribution >= 4 is 17.4 Å². The summed E-state index contributed by atoms with van der Waals surface area (Å²) in [5, 5.41) is 4.17. The second-order valence-electron chi connectivity index (χ2n) is 3.99. The van der Waals surface area contributed by atoms with Gasteiger partial charge in [-0.2, -0.15) is 5.10 Å². The quantitative estimate of drug-likeness (QED) is 0.810. The average molecular weight is 283 g/mol. The molecule has 19 heavy (non-hydrogen) atoms. The lowest BCUT2D eigenvalue weighted by Gasteiger charge is -2.07. The number of methoxy groups -OCH3 is 1. The minimum atomic E-state index is -0.498. The zero-order valence-electron chi connectivity index (χ0n) is 10.5. The molecule has 0 atom stereocenters. The van der Waals surface area contributed by atoms with Gasteiger partial charge in [0.15, 0.2) is 11.5 Å². The first-order chi connectivity index (χ1) is 9.04. The zero-order valence-corrected chi connectivity index (χ0v) is 11.2. The molecule has 0 aliphatic carbocycles. The number of carbonyl (C=O) groups is 1. The third kappa shape index (κ3) is 2.61. The number of carbonyl (C=O) groups excluding carboxylic acids is 1. The topological polar surface area (TPSA) is 44.1 Å². The Hall–Kier alpha value is -1.88. The first kappa shape index (κ1) is 13.5. The van der Waals surface area contributed by atoms with E-state index in [9.17, 15) is 9.18 Å². The van der Waals surface area contributed by atoms with Gasteiger partial charge in [0, 0.05) is 24.1 Å². The molecule has 0 saturated carbocycles. The maximum Gasteiger partial charge on any atom is 0.189 e. The van der Waals surface area contributed by atoms with Crippen LogP contribution in [0.25, 0.3) is 0 Å². The average Bonchev–Trinajstić information content (AvgIpc) is 2.75. The maximum atomic E-state index is 13.6. The molecule has 1 aromatic heterocycles. The van der Waals surface area contributed by atoms with Gasteiger partial charge in [0.2, 0.25) is 0 Å². The van der Waals surface area contributed by atoms with Gasteiger partial charge in [0.05, 0.1) is 13.3 Å². The van der Waals surface area contributed by atoms with Crippen LogP contribution in [-0.4, -0.2) is 22.7 Å². The van der Waals surface area contributed by atoms with E-state index in [4.69, 9.17) is 16.3 Å². The number of nitrogens with zero attached hydrogens (tertiary/aromatic N) is 2. The second-order valence-corrected chi connectivity index (χ2v) is 4.39. The SMILES string of the molecule is COc1cnn(C)c1C(=O)Cc1c(F)cccc1Cl. The van der Waals surface area contributed by atoms with Gasteiger partial charge in [-0.05, 0) is 12.1 Å². The van der Waals surface area contributed by atoms with Crippen molar-refractivity contribution in [3.8, 4) is 5.75 Å². The standard InChI is InChI=1S/C13H12ClFN2O2/c1-17-13(12(19-2)7-16-17)11(18)6-8-9(14)4-3-5-10(8)15/h3-5,7H,6H2,1-2H3. The number of rotatable bonds is 4. The third-order valence-corrected chi connectivity index (χ3v) is 3.14. The van der Waals surface area contributed by atoms with Crippen molar-refractivity contribution in [2.75, 3.05) is 7.11 Å². The Labute approximate surface area is 114 Å². The Morgan fingerprint density at radius 1 is 1.53 bits per heavy atom. The van der Waals surface area contributed by atoms with Crippen molar-refractivity contribution in [1.82, 2.24) is 9.78 Å². The molecular formula is C13H12ClFN2O2. The molecule has 0 aliphatic rings. The highest BCUT2D eigenvalue weighted by Gasteiger charge is 2.20. The highest BCUT2D eigenvalue weighted by Crippen LogP contribution is 2.23. The number of benzene rings is 1. The van der Waals surface area contributed by atoms with Crippen LogP contribution in [0.4, 0.5) is 4.39 Å². The molecule has 4 nitrogen and oxygen atoms in total. The number of ether oxygens (including phenoxy) is 1. The van der Waals surface area contributed by atoms with Gasteiger partial charge in [0.1, 0.15) is 11.5 Å². The second kappa shape index (κ2) is 5.40. The molecule has 0 saturated heterocycles. The van der Waals surface area contributed by atoms with Gasteiger partial charge < -0.3 is 4.74 Å². The lowest BCUT2D eigenvalue weighted by atomic mass is 10.1. The molecule has 2 aromatic rings. The van der Waals surface area contributed by atoms with Crippen LogP contribution in [0, 0.1) is 5.82 Å². The van der Waals surface area contributed by atoms with E-state index >= 15 is 0 Å². The third-order valence-electron chi connectivity index (χ3n) is 2.79. The summed E-state index contributed by atoms with van der Waals surface area (Å²) in [6.07, 6.45) is 1.30. The fourth-order valence-corrected chi connectivity index (χ4v) is 2.06. The van der Waals surface area contributed by atoms with Gasteiger partial charge >= 0.3 is 0 Å². The molecule has 0 N–H and O–H groups in total. The summed E-state index contributed by atoms with van der Waals surface area (Å²) in [5.74, 6) is -0.439. The predicted octanol–water partition coefficient (Wildman–Crippen LogP) is 2.65. The van der Waals surface area contributed by atoms with E-state index in [2.05, 4.69) is 5.10 Å². The summed E-state index contributed by atoms with van der Waals surface area (Å²) in [5.41, 5.74) is 0.472. The summed E-state index contributed by atoms with van der Waals surface area (Å²) >= 11 is 5.90.